The zero-order valence-electron chi connectivity index (χ0n) is 49.3. The fraction of sp³-hybridized carbons (Fsp3) is 0.672. The summed E-state index contributed by atoms with van der Waals surface area (Å²) >= 11 is 0. The van der Waals surface area contributed by atoms with Crippen molar-refractivity contribution in [3.63, 3.8) is 0 Å². The van der Waals surface area contributed by atoms with Crippen molar-refractivity contribution in [2.24, 2.45) is 0 Å². The van der Waals surface area contributed by atoms with Gasteiger partial charge in [0.1, 0.15) is 18.8 Å². The average molecular weight is 1110 g/mol. The van der Waals surface area contributed by atoms with Crippen molar-refractivity contribution < 1.29 is 58.2 Å². The van der Waals surface area contributed by atoms with Gasteiger partial charge in [0.25, 0.3) is 0 Å². The van der Waals surface area contributed by atoms with Gasteiger partial charge in [0.2, 0.25) is 0 Å². The predicted octanol–water partition coefficient (Wildman–Crippen LogP) is 16.2. The molecule has 1 rings (SSSR count). The molecule has 12 nitrogen and oxygen atoms in total. The molecule has 0 aliphatic carbocycles. The third-order valence-corrected chi connectivity index (χ3v) is 13.3. The van der Waals surface area contributed by atoms with Gasteiger partial charge in [-0.05, 0) is 128 Å². The average Bonchev–Trinajstić information content (AvgIpc) is 3.46. The van der Waals surface area contributed by atoms with Crippen LogP contribution in [-0.2, 0) is 42.9 Å². The number of unbranched alkanes of at least 4 members (excludes halogenated alkanes) is 19. The fourth-order valence-corrected chi connectivity index (χ4v) is 8.57. The number of carboxylic acid groups (broad SMARTS) is 1. The van der Waals surface area contributed by atoms with E-state index in [0.29, 0.717) is 19.3 Å². The van der Waals surface area contributed by atoms with Gasteiger partial charge < -0.3 is 39.0 Å². The minimum atomic E-state index is -1.92. The topological polar surface area (TPSA) is 175 Å². The molecule has 0 spiro atoms. The standard InChI is InChI=1S/C67H108O12/c1-4-7-10-13-16-19-22-25-28-29-30-31-34-37-40-43-46-49-52-55-61(70)78-65-63(72)62(71)64(66(73)74)79-67(65)76-57-58(77-60(69)54-51-48-45-42-39-36-33-27-24-21-18-15-12-9-6-3)56-75-59(68)53-50-47-44-41-38-35-32-26-23-20-17-14-11-8-5-2/h8,11,16-21,25-28,30-33,38,41,58,62-65,67,71-72H,4-7,9-10,12-15,22-24,29,34-37,39-40,42-57H2,1-3H3,(H,73,74)/b11-8-,19-16-,20-17-,21-18-,28-25-,31-30-,32-26-,33-27-,41-38-. The van der Waals surface area contributed by atoms with E-state index in [1.54, 1.807) is 0 Å². The van der Waals surface area contributed by atoms with E-state index in [4.69, 9.17) is 23.7 Å². The maximum atomic E-state index is 13.2. The maximum absolute atomic E-state index is 13.2. The van der Waals surface area contributed by atoms with Crippen molar-refractivity contribution >= 4 is 23.9 Å². The highest BCUT2D eigenvalue weighted by molar-refractivity contribution is 5.74. The molecule has 12 heteroatoms. The molecule has 1 aliphatic rings. The smallest absolute Gasteiger partial charge is 0.335 e. The highest BCUT2D eigenvalue weighted by atomic mass is 16.7. The summed E-state index contributed by atoms with van der Waals surface area (Å²) in [6.45, 7) is 5.77. The Morgan fingerprint density at radius 1 is 0.430 bits per heavy atom. The molecule has 6 unspecified atom stereocenters. The van der Waals surface area contributed by atoms with Gasteiger partial charge in [-0.15, -0.1) is 0 Å². The fourth-order valence-electron chi connectivity index (χ4n) is 8.57. The van der Waals surface area contributed by atoms with Gasteiger partial charge >= 0.3 is 23.9 Å². The Hall–Kier alpha value is -4.62. The predicted molar refractivity (Wildman–Crippen MR) is 321 cm³/mol. The number of allylic oxidation sites excluding steroid dienone is 18. The van der Waals surface area contributed by atoms with E-state index >= 15 is 0 Å². The van der Waals surface area contributed by atoms with Crippen LogP contribution in [0.5, 0.6) is 0 Å². The molecule has 6 atom stereocenters. The normalized spacial score (nSPS) is 18.6. The molecule has 79 heavy (non-hydrogen) atoms. The number of aliphatic hydroxyl groups excluding tert-OH is 2. The van der Waals surface area contributed by atoms with Gasteiger partial charge in [0, 0.05) is 19.3 Å². The van der Waals surface area contributed by atoms with Gasteiger partial charge in [-0.1, -0.05) is 201 Å². The van der Waals surface area contributed by atoms with Gasteiger partial charge in [-0.25, -0.2) is 4.79 Å². The lowest BCUT2D eigenvalue weighted by Crippen LogP contribution is -2.61. The summed E-state index contributed by atoms with van der Waals surface area (Å²) in [5.41, 5.74) is 0. The number of esters is 3. The molecule has 1 fully saturated rings. The van der Waals surface area contributed by atoms with E-state index in [-0.39, 0.29) is 25.9 Å². The number of aliphatic carboxylic acids is 1. The summed E-state index contributed by atoms with van der Waals surface area (Å²) in [5.74, 6) is -3.22. The van der Waals surface area contributed by atoms with Crippen LogP contribution in [0.2, 0.25) is 0 Å². The number of rotatable bonds is 51. The number of hydrogen-bond acceptors (Lipinski definition) is 11. The van der Waals surface area contributed by atoms with E-state index in [1.807, 2.05) is 0 Å². The van der Waals surface area contributed by atoms with Crippen molar-refractivity contribution in [1.29, 1.82) is 0 Å². The number of aliphatic hydroxyl groups is 2. The highest BCUT2D eigenvalue weighted by Gasteiger charge is 2.50. The van der Waals surface area contributed by atoms with E-state index in [0.717, 1.165) is 141 Å². The summed E-state index contributed by atoms with van der Waals surface area (Å²) < 4.78 is 28.4. The molecule has 0 aromatic heterocycles. The molecular formula is C67H108O12. The first-order valence-corrected chi connectivity index (χ1v) is 30.9. The summed E-state index contributed by atoms with van der Waals surface area (Å²) in [4.78, 5) is 51.2. The van der Waals surface area contributed by atoms with Crippen molar-refractivity contribution in [3.05, 3.63) is 109 Å². The Bertz CT molecular complexity index is 1790. The summed E-state index contributed by atoms with van der Waals surface area (Å²) in [7, 11) is 0. The lowest BCUT2D eigenvalue weighted by Gasteiger charge is -2.40. The molecule has 0 saturated carbocycles. The molecule has 448 valence electrons. The highest BCUT2D eigenvalue weighted by Crippen LogP contribution is 2.26. The molecule has 1 heterocycles. The van der Waals surface area contributed by atoms with E-state index in [1.165, 1.54) is 38.5 Å². The number of carbonyl (C=O) groups is 4. The number of carboxylic acids is 1. The van der Waals surface area contributed by atoms with Crippen LogP contribution in [0, 0.1) is 0 Å². The zero-order valence-corrected chi connectivity index (χ0v) is 49.3. The first kappa shape index (κ1) is 72.4. The van der Waals surface area contributed by atoms with Crippen LogP contribution in [0.4, 0.5) is 0 Å². The monoisotopic (exact) mass is 1100 g/mol. The maximum Gasteiger partial charge on any atom is 0.335 e. The first-order valence-electron chi connectivity index (χ1n) is 30.9. The van der Waals surface area contributed by atoms with Crippen LogP contribution in [0.15, 0.2) is 109 Å². The van der Waals surface area contributed by atoms with Crippen LogP contribution in [0.1, 0.15) is 239 Å². The summed E-state index contributed by atoms with van der Waals surface area (Å²) in [5, 5.41) is 31.5. The molecule has 0 amide bonds. The van der Waals surface area contributed by atoms with Crippen LogP contribution in [0.25, 0.3) is 0 Å². The Morgan fingerprint density at radius 2 is 0.797 bits per heavy atom. The van der Waals surface area contributed by atoms with Crippen molar-refractivity contribution in [2.45, 2.75) is 276 Å². The first-order chi connectivity index (χ1) is 38.6. The lowest BCUT2D eigenvalue weighted by molar-refractivity contribution is -0.301. The van der Waals surface area contributed by atoms with Crippen LogP contribution in [0.3, 0.4) is 0 Å². The SMILES string of the molecule is CC/C=C\C/C=C\C/C=C\C/C=C\CCCCC(=O)OCC(COC1OC(C(=O)O)C(O)C(O)C1OC(=O)CCCCCCCC/C=C\C/C=C\C/C=C\CCCCC)OC(=O)CCCCCCC/C=C\C/C=C\CCCCC. The second-order valence-corrected chi connectivity index (χ2v) is 20.6. The second-order valence-electron chi connectivity index (χ2n) is 20.6. The molecule has 1 saturated heterocycles. The number of ether oxygens (including phenoxy) is 5. The van der Waals surface area contributed by atoms with Gasteiger partial charge in [-0.2, -0.15) is 0 Å². The Balaban J connectivity index is 2.72. The van der Waals surface area contributed by atoms with Gasteiger partial charge in [0.05, 0.1) is 6.61 Å². The molecule has 0 bridgehead atoms. The molecule has 0 aromatic carbocycles. The quantitative estimate of drug-likeness (QED) is 0.0228. The minimum Gasteiger partial charge on any atom is -0.479 e. The number of hydrogen-bond donors (Lipinski definition) is 3. The molecule has 3 N–H and O–H groups in total. The van der Waals surface area contributed by atoms with E-state index in [2.05, 4.69) is 130 Å². The summed E-state index contributed by atoms with van der Waals surface area (Å²) in [6, 6.07) is 0. The van der Waals surface area contributed by atoms with Gasteiger partial charge in [-0.3, -0.25) is 14.4 Å². The van der Waals surface area contributed by atoms with Gasteiger partial charge in [0.15, 0.2) is 24.6 Å². The zero-order chi connectivity index (χ0) is 57.5. The van der Waals surface area contributed by atoms with Crippen molar-refractivity contribution in [2.75, 3.05) is 13.2 Å². The van der Waals surface area contributed by atoms with Crippen molar-refractivity contribution in [3.8, 4) is 0 Å². The molecular weight excluding hydrogens is 997 g/mol. The Kier molecular flexibility index (Phi) is 49.5. The molecule has 0 aromatic rings. The lowest BCUT2D eigenvalue weighted by atomic mass is 9.98. The largest absolute Gasteiger partial charge is 0.479 e. The Labute approximate surface area is 478 Å². The Morgan fingerprint density at radius 3 is 1.24 bits per heavy atom. The van der Waals surface area contributed by atoms with Crippen LogP contribution >= 0.6 is 0 Å². The van der Waals surface area contributed by atoms with E-state index in [9.17, 15) is 34.5 Å². The van der Waals surface area contributed by atoms with E-state index < -0.39 is 67.3 Å². The second kappa shape index (κ2) is 54.0. The number of carbonyl (C=O) groups excluding carboxylic acids is 3. The molecule has 0 radical (unpaired) electrons. The minimum absolute atomic E-state index is 0.0348. The van der Waals surface area contributed by atoms with Crippen LogP contribution < -0.4 is 0 Å². The third-order valence-electron chi connectivity index (χ3n) is 13.3. The third kappa shape index (κ3) is 43.8. The molecule has 1 aliphatic heterocycles. The van der Waals surface area contributed by atoms with Crippen LogP contribution in [-0.4, -0.2) is 89.2 Å². The summed E-state index contributed by atoms with van der Waals surface area (Å²) in [6.07, 6.45) is 60.5. The van der Waals surface area contributed by atoms with Crippen molar-refractivity contribution in [1.82, 2.24) is 0 Å².